The monoisotopic (exact) mass is 318 g/mol. The Morgan fingerprint density at radius 1 is 1.27 bits per heavy atom. The number of hydrogen-bond acceptors (Lipinski definition) is 6. The van der Waals surface area contributed by atoms with Crippen LogP contribution < -0.4 is 0 Å². The van der Waals surface area contributed by atoms with Gasteiger partial charge in [0, 0.05) is 10.4 Å². The van der Waals surface area contributed by atoms with Gasteiger partial charge in [0.1, 0.15) is 10.7 Å². The zero-order chi connectivity index (χ0) is 15.5. The maximum atomic E-state index is 12.9. The number of aromatic nitrogens is 2. The highest BCUT2D eigenvalue weighted by atomic mass is 32.1. The van der Waals surface area contributed by atoms with Gasteiger partial charge in [-0.05, 0) is 43.3 Å². The normalized spacial score (nSPS) is 10.6. The number of aryl methyl sites for hydroxylation is 1. The van der Waals surface area contributed by atoms with Crippen molar-refractivity contribution in [1.29, 1.82) is 0 Å². The molecular weight excluding hydrogens is 307 g/mol. The van der Waals surface area contributed by atoms with E-state index in [9.17, 15) is 9.18 Å². The number of esters is 1. The average molecular weight is 318 g/mol. The minimum Gasteiger partial charge on any atom is -0.451 e. The summed E-state index contributed by atoms with van der Waals surface area (Å²) < 4.78 is 23.0. The molecule has 0 saturated heterocycles. The Morgan fingerprint density at radius 3 is 2.73 bits per heavy atom. The van der Waals surface area contributed by atoms with Crippen LogP contribution in [0.5, 0.6) is 0 Å². The molecule has 0 aliphatic carbocycles. The number of hydrogen-bond donors (Lipinski definition) is 0. The molecule has 22 heavy (non-hydrogen) atoms. The molecule has 0 spiro atoms. The van der Waals surface area contributed by atoms with E-state index in [1.807, 2.05) is 13.0 Å². The van der Waals surface area contributed by atoms with Gasteiger partial charge in [0.25, 0.3) is 5.89 Å². The number of nitrogens with zero attached hydrogens (tertiary/aromatic N) is 2. The van der Waals surface area contributed by atoms with Crippen molar-refractivity contribution in [1.82, 2.24) is 10.1 Å². The first-order chi connectivity index (χ1) is 10.6. The van der Waals surface area contributed by atoms with Crippen molar-refractivity contribution < 1.29 is 18.4 Å². The average Bonchev–Trinajstić information content (AvgIpc) is 3.15. The third kappa shape index (κ3) is 3.20. The van der Waals surface area contributed by atoms with Crippen molar-refractivity contribution in [2.24, 2.45) is 0 Å². The molecule has 3 aromatic rings. The molecule has 0 saturated carbocycles. The van der Waals surface area contributed by atoms with E-state index in [2.05, 4.69) is 10.1 Å². The number of ether oxygens (including phenoxy) is 1. The molecule has 7 heteroatoms. The van der Waals surface area contributed by atoms with Crippen molar-refractivity contribution in [3.63, 3.8) is 0 Å². The SMILES string of the molecule is Cc1ccc(C(=O)OCc2nc(-c3ccc(F)cc3)no2)s1. The first-order valence-corrected chi connectivity index (χ1v) is 7.25. The number of carbonyl (C=O) groups is 1. The van der Waals surface area contributed by atoms with Crippen LogP contribution in [-0.2, 0) is 11.3 Å². The van der Waals surface area contributed by atoms with Gasteiger partial charge >= 0.3 is 5.97 Å². The quantitative estimate of drug-likeness (QED) is 0.688. The molecule has 2 heterocycles. The van der Waals surface area contributed by atoms with Gasteiger partial charge in [-0.1, -0.05) is 5.16 Å². The Balaban J connectivity index is 1.64. The number of thiophene rings is 1. The van der Waals surface area contributed by atoms with Crippen LogP contribution in [0, 0.1) is 12.7 Å². The lowest BCUT2D eigenvalue weighted by Gasteiger charge is -1.98. The van der Waals surface area contributed by atoms with E-state index in [1.165, 1.54) is 23.5 Å². The zero-order valence-electron chi connectivity index (χ0n) is 11.6. The molecule has 0 fully saturated rings. The summed E-state index contributed by atoms with van der Waals surface area (Å²) >= 11 is 1.36. The fraction of sp³-hybridized carbons (Fsp3) is 0.133. The summed E-state index contributed by atoms with van der Waals surface area (Å²) in [5.74, 6) is -0.272. The van der Waals surface area contributed by atoms with Crippen LogP contribution in [0.15, 0.2) is 40.9 Å². The second-order valence-electron chi connectivity index (χ2n) is 4.51. The molecule has 0 bridgehead atoms. The van der Waals surface area contributed by atoms with Crippen LogP contribution in [0.3, 0.4) is 0 Å². The lowest BCUT2D eigenvalue weighted by Crippen LogP contribution is -2.03. The Kier molecular flexibility index (Phi) is 3.97. The Labute approximate surface area is 129 Å². The fourth-order valence-electron chi connectivity index (χ4n) is 1.77. The van der Waals surface area contributed by atoms with Crippen molar-refractivity contribution in [2.45, 2.75) is 13.5 Å². The molecule has 0 N–H and O–H groups in total. The summed E-state index contributed by atoms with van der Waals surface area (Å²) in [6.07, 6.45) is 0. The van der Waals surface area contributed by atoms with Crippen LogP contribution in [-0.4, -0.2) is 16.1 Å². The van der Waals surface area contributed by atoms with Crippen molar-refractivity contribution in [3.05, 3.63) is 57.9 Å². The molecule has 1 aromatic carbocycles. The second-order valence-corrected chi connectivity index (χ2v) is 5.79. The van der Waals surface area contributed by atoms with E-state index in [-0.39, 0.29) is 18.3 Å². The number of rotatable bonds is 4. The summed E-state index contributed by atoms with van der Waals surface area (Å²) in [6.45, 7) is 1.80. The van der Waals surface area contributed by atoms with Gasteiger partial charge in [0.15, 0.2) is 6.61 Å². The van der Waals surface area contributed by atoms with Gasteiger partial charge < -0.3 is 9.26 Å². The molecule has 112 valence electrons. The Morgan fingerprint density at radius 2 is 2.05 bits per heavy atom. The Bertz CT molecular complexity index is 795. The van der Waals surface area contributed by atoms with Gasteiger partial charge in [-0.15, -0.1) is 11.3 Å². The van der Waals surface area contributed by atoms with Gasteiger partial charge in [0.2, 0.25) is 5.82 Å². The summed E-state index contributed by atoms with van der Waals surface area (Å²) in [7, 11) is 0. The van der Waals surface area contributed by atoms with Gasteiger partial charge in [-0.3, -0.25) is 0 Å². The van der Waals surface area contributed by atoms with E-state index in [0.717, 1.165) is 4.88 Å². The van der Waals surface area contributed by atoms with Gasteiger partial charge in [0.05, 0.1) is 0 Å². The first kappa shape index (κ1) is 14.4. The van der Waals surface area contributed by atoms with Crippen LogP contribution in [0.25, 0.3) is 11.4 Å². The molecule has 3 rings (SSSR count). The second kappa shape index (κ2) is 6.07. The first-order valence-electron chi connectivity index (χ1n) is 6.44. The number of halogens is 1. The highest BCUT2D eigenvalue weighted by Gasteiger charge is 2.13. The van der Waals surface area contributed by atoms with E-state index in [0.29, 0.717) is 16.3 Å². The maximum absolute atomic E-state index is 12.9. The number of benzene rings is 1. The molecule has 2 aromatic heterocycles. The van der Waals surface area contributed by atoms with Gasteiger partial charge in [-0.25, -0.2) is 9.18 Å². The molecule has 0 amide bonds. The molecule has 0 radical (unpaired) electrons. The fourth-order valence-corrected chi connectivity index (χ4v) is 2.53. The van der Waals surface area contributed by atoms with Crippen LogP contribution in [0.2, 0.25) is 0 Å². The smallest absolute Gasteiger partial charge is 0.348 e. The predicted octanol–water partition coefficient (Wildman–Crippen LogP) is 3.60. The summed E-state index contributed by atoms with van der Waals surface area (Å²) in [5.41, 5.74) is 0.622. The van der Waals surface area contributed by atoms with E-state index in [1.54, 1.807) is 18.2 Å². The third-order valence-electron chi connectivity index (χ3n) is 2.84. The standard InChI is InChI=1S/C15H11FN2O3S/c1-9-2-7-12(22-9)15(19)20-8-13-17-14(18-21-13)10-3-5-11(16)6-4-10/h2-7H,8H2,1H3. The zero-order valence-corrected chi connectivity index (χ0v) is 12.4. The van der Waals surface area contributed by atoms with Crippen molar-refractivity contribution in [2.75, 3.05) is 0 Å². The maximum Gasteiger partial charge on any atom is 0.348 e. The molecular formula is C15H11FN2O3S. The van der Waals surface area contributed by atoms with E-state index in [4.69, 9.17) is 9.26 Å². The van der Waals surface area contributed by atoms with Crippen LogP contribution >= 0.6 is 11.3 Å². The highest BCUT2D eigenvalue weighted by molar-refractivity contribution is 7.13. The van der Waals surface area contributed by atoms with Crippen LogP contribution in [0.1, 0.15) is 20.4 Å². The lowest BCUT2D eigenvalue weighted by molar-refractivity contribution is 0.0435. The summed E-state index contributed by atoms with van der Waals surface area (Å²) in [6, 6.07) is 9.27. The third-order valence-corrected chi connectivity index (χ3v) is 3.82. The lowest BCUT2D eigenvalue weighted by atomic mass is 10.2. The van der Waals surface area contributed by atoms with Crippen molar-refractivity contribution >= 4 is 17.3 Å². The number of carbonyl (C=O) groups excluding carboxylic acids is 1. The highest BCUT2D eigenvalue weighted by Crippen LogP contribution is 2.18. The van der Waals surface area contributed by atoms with E-state index >= 15 is 0 Å². The summed E-state index contributed by atoms with van der Waals surface area (Å²) in [4.78, 5) is 17.5. The van der Waals surface area contributed by atoms with E-state index < -0.39 is 5.97 Å². The predicted molar refractivity (Wildman–Crippen MR) is 77.9 cm³/mol. The van der Waals surface area contributed by atoms with Crippen LogP contribution in [0.4, 0.5) is 4.39 Å². The minimum absolute atomic E-state index is 0.107. The molecule has 5 nitrogen and oxygen atoms in total. The molecule has 0 atom stereocenters. The molecule has 0 aliphatic rings. The summed E-state index contributed by atoms with van der Waals surface area (Å²) in [5, 5.41) is 3.77. The topological polar surface area (TPSA) is 65.2 Å². The van der Waals surface area contributed by atoms with Crippen molar-refractivity contribution in [3.8, 4) is 11.4 Å². The van der Waals surface area contributed by atoms with Gasteiger partial charge in [-0.2, -0.15) is 4.98 Å². The largest absolute Gasteiger partial charge is 0.451 e. The molecule has 0 unspecified atom stereocenters. The Hall–Kier alpha value is -2.54. The molecule has 0 aliphatic heterocycles. The minimum atomic E-state index is -0.431.